The molecule has 138 valence electrons. The van der Waals surface area contributed by atoms with E-state index in [1.54, 1.807) is 37.3 Å². The number of nitrogens with zero attached hydrogens (tertiary/aromatic N) is 2. The molecule has 0 saturated carbocycles. The molecule has 0 aromatic heterocycles. The molecule has 0 bridgehead atoms. The molecule has 25 heavy (non-hydrogen) atoms. The zero-order chi connectivity index (χ0) is 18.4. The first-order valence-corrected chi connectivity index (χ1v) is 8.53. The minimum Gasteiger partial charge on any atom is -0.493 e. The molecule has 1 heterocycles. The van der Waals surface area contributed by atoms with Crippen molar-refractivity contribution in [3.8, 4) is 11.5 Å². The Kier molecular flexibility index (Phi) is 6.50. The monoisotopic (exact) mass is 349 g/mol. The number of amides is 3. The van der Waals surface area contributed by atoms with Crippen LogP contribution >= 0.6 is 0 Å². The normalized spacial score (nSPS) is 14.9. The van der Waals surface area contributed by atoms with Crippen molar-refractivity contribution in [1.82, 2.24) is 9.80 Å². The van der Waals surface area contributed by atoms with Gasteiger partial charge in [-0.1, -0.05) is 13.8 Å². The summed E-state index contributed by atoms with van der Waals surface area (Å²) in [6.45, 7) is 6.20. The molecule has 1 fully saturated rings. The summed E-state index contributed by atoms with van der Waals surface area (Å²) in [7, 11) is 3.12. The number of benzene rings is 1. The summed E-state index contributed by atoms with van der Waals surface area (Å²) in [5, 5.41) is 2.88. The van der Waals surface area contributed by atoms with Gasteiger partial charge in [-0.15, -0.1) is 0 Å². The summed E-state index contributed by atoms with van der Waals surface area (Å²) in [5.74, 6) is 1.29. The number of carbonyl (C=O) groups excluding carboxylic acids is 2. The molecule has 1 aliphatic rings. The van der Waals surface area contributed by atoms with E-state index in [-0.39, 0.29) is 17.9 Å². The van der Waals surface area contributed by atoms with Crippen LogP contribution < -0.4 is 14.8 Å². The molecule has 0 atom stereocenters. The first kappa shape index (κ1) is 18.9. The van der Waals surface area contributed by atoms with Crippen molar-refractivity contribution >= 4 is 17.6 Å². The fourth-order valence-electron chi connectivity index (χ4n) is 2.82. The van der Waals surface area contributed by atoms with Crippen molar-refractivity contribution in [3.05, 3.63) is 18.2 Å². The van der Waals surface area contributed by atoms with Crippen molar-refractivity contribution in [2.24, 2.45) is 5.92 Å². The summed E-state index contributed by atoms with van der Waals surface area (Å²) in [4.78, 5) is 28.2. The zero-order valence-electron chi connectivity index (χ0n) is 15.4. The van der Waals surface area contributed by atoms with Crippen molar-refractivity contribution < 1.29 is 19.1 Å². The van der Waals surface area contributed by atoms with Gasteiger partial charge in [-0.05, 0) is 18.6 Å². The Labute approximate surface area is 148 Å². The lowest BCUT2D eigenvalue weighted by Crippen LogP contribution is -2.40. The predicted molar refractivity (Wildman–Crippen MR) is 96.2 cm³/mol. The Morgan fingerprint density at radius 3 is 2.28 bits per heavy atom. The molecule has 0 unspecified atom stereocenters. The van der Waals surface area contributed by atoms with E-state index in [0.29, 0.717) is 43.4 Å². The third kappa shape index (κ3) is 4.78. The molecule has 0 aliphatic carbocycles. The highest BCUT2D eigenvalue weighted by Crippen LogP contribution is 2.29. The van der Waals surface area contributed by atoms with Gasteiger partial charge in [0.2, 0.25) is 5.91 Å². The second-order valence-corrected chi connectivity index (χ2v) is 6.32. The van der Waals surface area contributed by atoms with Crippen LogP contribution in [0.2, 0.25) is 0 Å². The number of rotatable bonds is 4. The molecule has 1 aromatic carbocycles. The Bertz CT molecular complexity index is 618. The molecular weight excluding hydrogens is 322 g/mol. The molecule has 1 N–H and O–H groups in total. The fraction of sp³-hybridized carbons (Fsp3) is 0.556. The Morgan fingerprint density at radius 2 is 1.64 bits per heavy atom. The molecule has 1 saturated heterocycles. The molecule has 0 spiro atoms. The third-order valence-corrected chi connectivity index (χ3v) is 4.22. The number of carbonyl (C=O) groups is 2. The minimum absolute atomic E-state index is 0.0212. The summed E-state index contributed by atoms with van der Waals surface area (Å²) in [6, 6.07) is 5.07. The summed E-state index contributed by atoms with van der Waals surface area (Å²) in [6.07, 6.45) is 0.776. The van der Waals surface area contributed by atoms with Gasteiger partial charge in [-0.3, -0.25) is 4.79 Å². The Morgan fingerprint density at radius 1 is 1.00 bits per heavy atom. The summed E-state index contributed by atoms with van der Waals surface area (Å²) >= 11 is 0. The molecule has 7 nitrogen and oxygen atoms in total. The smallest absolute Gasteiger partial charge is 0.321 e. The van der Waals surface area contributed by atoms with Gasteiger partial charge < -0.3 is 24.6 Å². The van der Waals surface area contributed by atoms with E-state index in [2.05, 4.69) is 5.32 Å². The quantitative estimate of drug-likeness (QED) is 0.906. The standard InChI is InChI=1S/C18H27N3O4/c1-13(2)17(22)20-8-5-9-21(11-10-20)18(23)19-14-6-7-15(24-3)16(12-14)25-4/h6-7,12-13H,5,8-11H2,1-4H3,(H,19,23). The van der Waals surface area contributed by atoms with Gasteiger partial charge in [-0.25, -0.2) is 4.79 Å². The number of urea groups is 1. The highest BCUT2D eigenvalue weighted by molar-refractivity contribution is 5.90. The van der Waals surface area contributed by atoms with E-state index in [1.807, 2.05) is 18.7 Å². The number of anilines is 1. The minimum atomic E-state index is -0.175. The van der Waals surface area contributed by atoms with Crippen molar-refractivity contribution in [2.45, 2.75) is 20.3 Å². The number of methoxy groups -OCH3 is 2. The van der Waals surface area contributed by atoms with Gasteiger partial charge in [-0.2, -0.15) is 0 Å². The number of ether oxygens (including phenoxy) is 2. The maximum absolute atomic E-state index is 12.5. The van der Waals surface area contributed by atoms with Crippen molar-refractivity contribution in [3.63, 3.8) is 0 Å². The first-order chi connectivity index (χ1) is 12.0. The van der Waals surface area contributed by atoms with E-state index < -0.39 is 0 Å². The Hall–Kier alpha value is -2.44. The Balaban J connectivity index is 1.98. The number of hydrogen-bond donors (Lipinski definition) is 1. The lowest BCUT2D eigenvalue weighted by Gasteiger charge is -2.23. The van der Waals surface area contributed by atoms with Gasteiger partial charge in [0, 0.05) is 43.9 Å². The molecular formula is C18H27N3O4. The lowest BCUT2D eigenvalue weighted by molar-refractivity contribution is -0.134. The molecule has 3 amide bonds. The van der Waals surface area contributed by atoms with Crippen molar-refractivity contribution in [2.75, 3.05) is 45.7 Å². The maximum atomic E-state index is 12.5. The van der Waals surface area contributed by atoms with Crippen LogP contribution in [-0.2, 0) is 4.79 Å². The van der Waals surface area contributed by atoms with Crippen LogP contribution in [0.5, 0.6) is 11.5 Å². The van der Waals surface area contributed by atoms with Gasteiger partial charge in [0.25, 0.3) is 0 Å². The van der Waals surface area contributed by atoms with Gasteiger partial charge in [0.15, 0.2) is 11.5 Å². The fourth-order valence-corrected chi connectivity index (χ4v) is 2.82. The van der Waals surface area contributed by atoms with Crippen LogP contribution in [0.4, 0.5) is 10.5 Å². The van der Waals surface area contributed by atoms with Crippen LogP contribution in [0.15, 0.2) is 18.2 Å². The maximum Gasteiger partial charge on any atom is 0.321 e. The largest absolute Gasteiger partial charge is 0.493 e. The van der Waals surface area contributed by atoms with Crippen LogP contribution in [-0.4, -0.2) is 62.1 Å². The van der Waals surface area contributed by atoms with Gasteiger partial charge in [0.05, 0.1) is 14.2 Å². The molecule has 1 aliphatic heterocycles. The van der Waals surface area contributed by atoms with E-state index in [1.165, 1.54) is 0 Å². The average molecular weight is 349 g/mol. The number of hydrogen-bond acceptors (Lipinski definition) is 4. The summed E-state index contributed by atoms with van der Waals surface area (Å²) < 4.78 is 10.4. The average Bonchev–Trinajstić information content (AvgIpc) is 2.86. The second kappa shape index (κ2) is 8.60. The van der Waals surface area contributed by atoms with E-state index in [0.717, 1.165) is 6.42 Å². The molecule has 0 radical (unpaired) electrons. The number of nitrogens with one attached hydrogen (secondary N) is 1. The second-order valence-electron chi connectivity index (χ2n) is 6.32. The SMILES string of the molecule is COc1ccc(NC(=O)N2CCCN(C(=O)C(C)C)CC2)cc1OC. The summed E-state index contributed by atoms with van der Waals surface area (Å²) in [5.41, 5.74) is 0.641. The van der Waals surface area contributed by atoms with Gasteiger partial charge >= 0.3 is 6.03 Å². The van der Waals surface area contributed by atoms with Crippen LogP contribution in [0, 0.1) is 5.92 Å². The highest BCUT2D eigenvalue weighted by Gasteiger charge is 2.23. The molecule has 2 rings (SSSR count). The highest BCUT2D eigenvalue weighted by atomic mass is 16.5. The van der Waals surface area contributed by atoms with Crippen LogP contribution in [0.1, 0.15) is 20.3 Å². The molecule has 7 heteroatoms. The van der Waals surface area contributed by atoms with Crippen molar-refractivity contribution in [1.29, 1.82) is 0 Å². The predicted octanol–water partition coefficient (Wildman–Crippen LogP) is 2.43. The third-order valence-electron chi connectivity index (χ3n) is 4.22. The van der Waals surface area contributed by atoms with Crippen LogP contribution in [0.3, 0.4) is 0 Å². The van der Waals surface area contributed by atoms with E-state index >= 15 is 0 Å². The first-order valence-electron chi connectivity index (χ1n) is 8.53. The van der Waals surface area contributed by atoms with Gasteiger partial charge in [0.1, 0.15) is 0 Å². The van der Waals surface area contributed by atoms with E-state index in [9.17, 15) is 9.59 Å². The van der Waals surface area contributed by atoms with Crippen LogP contribution in [0.25, 0.3) is 0 Å². The zero-order valence-corrected chi connectivity index (χ0v) is 15.4. The van der Waals surface area contributed by atoms with E-state index in [4.69, 9.17) is 9.47 Å². The lowest BCUT2D eigenvalue weighted by atomic mass is 10.2. The topological polar surface area (TPSA) is 71.1 Å². The molecule has 1 aromatic rings.